The van der Waals surface area contributed by atoms with E-state index >= 15 is 0 Å². The molecule has 0 heterocycles. The fraction of sp³-hybridized carbons (Fsp3) is 0.545. The molecule has 1 unspecified atom stereocenters. The summed E-state index contributed by atoms with van der Waals surface area (Å²) in [6.45, 7) is 2.03. The SMILES string of the molecule is CCOC(=O)C#CC(O)C1=CCCC1. The molecular formula is C11H14O3. The van der Waals surface area contributed by atoms with E-state index < -0.39 is 12.1 Å². The van der Waals surface area contributed by atoms with Gasteiger partial charge >= 0.3 is 5.97 Å². The Labute approximate surface area is 83.8 Å². The van der Waals surface area contributed by atoms with Gasteiger partial charge in [-0.15, -0.1) is 0 Å². The predicted octanol–water partition coefficient (Wildman–Crippen LogP) is 1.02. The van der Waals surface area contributed by atoms with Gasteiger partial charge in [-0.1, -0.05) is 12.0 Å². The molecule has 1 N–H and O–H groups in total. The Kier molecular flexibility index (Phi) is 4.21. The molecule has 0 spiro atoms. The molecule has 0 aromatic carbocycles. The number of carbonyl (C=O) groups excluding carboxylic acids is 1. The number of carbonyl (C=O) groups is 1. The summed E-state index contributed by atoms with van der Waals surface area (Å²) < 4.78 is 4.61. The average molecular weight is 194 g/mol. The van der Waals surface area contributed by atoms with E-state index in [9.17, 15) is 9.90 Å². The van der Waals surface area contributed by atoms with E-state index in [1.165, 1.54) is 0 Å². The molecule has 3 heteroatoms. The maximum Gasteiger partial charge on any atom is 0.384 e. The highest BCUT2D eigenvalue weighted by molar-refractivity contribution is 5.88. The molecule has 0 aromatic heterocycles. The van der Waals surface area contributed by atoms with Crippen molar-refractivity contribution in [3.05, 3.63) is 11.6 Å². The Morgan fingerprint density at radius 1 is 1.79 bits per heavy atom. The van der Waals surface area contributed by atoms with Crippen LogP contribution in [0.2, 0.25) is 0 Å². The summed E-state index contributed by atoms with van der Waals surface area (Å²) in [6.07, 6.45) is 4.10. The highest BCUT2D eigenvalue weighted by atomic mass is 16.5. The molecule has 3 nitrogen and oxygen atoms in total. The highest BCUT2D eigenvalue weighted by Crippen LogP contribution is 2.20. The maximum atomic E-state index is 10.8. The molecule has 0 saturated heterocycles. The second kappa shape index (κ2) is 5.46. The lowest BCUT2D eigenvalue weighted by molar-refractivity contribution is -0.136. The molecule has 0 aliphatic heterocycles. The zero-order valence-corrected chi connectivity index (χ0v) is 8.25. The first-order valence-corrected chi connectivity index (χ1v) is 4.79. The van der Waals surface area contributed by atoms with Crippen molar-refractivity contribution in [1.82, 2.24) is 0 Å². The quantitative estimate of drug-likeness (QED) is 0.309. The van der Waals surface area contributed by atoms with Crippen LogP contribution in [-0.2, 0) is 9.53 Å². The van der Waals surface area contributed by atoms with Crippen LogP contribution in [0.15, 0.2) is 11.6 Å². The Morgan fingerprint density at radius 3 is 3.14 bits per heavy atom. The number of aliphatic hydroxyl groups excluding tert-OH is 1. The molecular weight excluding hydrogens is 180 g/mol. The minimum Gasteiger partial charge on any atom is -0.456 e. The van der Waals surface area contributed by atoms with Crippen molar-refractivity contribution in [2.75, 3.05) is 6.61 Å². The van der Waals surface area contributed by atoms with Crippen LogP contribution in [0.25, 0.3) is 0 Å². The molecule has 1 atom stereocenters. The minimum absolute atomic E-state index is 0.312. The molecule has 0 radical (unpaired) electrons. The van der Waals surface area contributed by atoms with E-state index in [4.69, 9.17) is 0 Å². The smallest absolute Gasteiger partial charge is 0.384 e. The van der Waals surface area contributed by atoms with Crippen molar-refractivity contribution in [2.45, 2.75) is 32.3 Å². The van der Waals surface area contributed by atoms with Gasteiger partial charge in [0, 0.05) is 5.92 Å². The van der Waals surface area contributed by atoms with Gasteiger partial charge < -0.3 is 9.84 Å². The van der Waals surface area contributed by atoms with Gasteiger partial charge in [-0.25, -0.2) is 4.79 Å². The average Bonchev–Trinajstić information content (AvgIpc) is 2.67. The zero-order valence-electron chi connectivity index (χ0n) is 8.25. The van der Waals surface area contributed by atoms with Gasteiger partial charge in [0.25, 0.3) is 0 Å². The molecule has 0 aromatic rings. The number of esters is 1. The third-order valence-corrected chi connectivity index (χ3v) is 2.01. The lowest BCUT2D eigenvalue weighted by atomic mass is 10.1. The second-order valence-corrected chi connectivity index (χ2v) is 3.06. The number of rotatable bonds is 2. The monoisotopic (exact) mass is 194 g/mol. The van der Waals surface area contributed by atoms with Crippen LogP contribution < -0.4 is 0 Å². The summed E-state index contributed by atoms with van der Waals surface area (Å²) in [5.74, 6) is 4.15. The van der Waals surface area contributed by atoms with Gasteiger partial charge in [0.1, 0.15) is 6.10 Å². The van der Waals surface area contributed by atoms with Crippen molar-refractivity contribution < 1.29 is 14.6 Å². The summed E-state index contributed by atoms with van der Waals surface area (Å²) in [4.78, 5) is 10.8. The first-order valence-electron chi connectivity index (χ1n) is 4.79. The van der Waals surface area contributed by atoms with Crippen molar-refractivity contribution in [3.63, 3.8) is 0 Å². The summed E-state index contributed by atoms with van der Waals surface area (Å²) in [6, 6.07) is 0. The molecule has 1 rings (SSSR count). The van der Waals surface area contributed by atoms with Gasteiger partial charge in [-0.2, -0.15) is 0 Å². The topological polar surface area (TPSA) is 46.5 Å². The van der Waals surface area contributed by atoms with Crippen molar-refractivity contribution in [1.29, 1.82) is 0 Å². The third-order valence-electron chi connectivity index (χ3n) is 2.01. The normalized spacial score (nSPS) is 16.6. The second-order valence-electron chi connectivity index (χ2n) is 3.06. The Bertz CT molecular complexity index is 293. The fourth-order valence-corrected chi connectivity index (χ4v) is 1.33. The molecule has 1 aliphatic rings. The maximum absolute atomic E-state index is 10.8. The summed E-state index contributed by atoms with van der Waals surface area (Å²) >= 11 is 0. The number of hydrogen-bond acceptors (Lipinski definition) is 3. The van der Waals surface area contributed by atoms with Gasteiger partial charge in [0.15, 0.2) is 0 Å². The number of ether oxygens (including phenoxy) is 1. The first-order chi connectivity index (χ1) is 6.74. The molecule has 0 saturated carbocycles. The van der Waals surface area contributed by atoms with E-state index in [-0.39, 0.29) is 0 Å². The highest BCUT2D eigenvalue weighted by Gasteiger charge is 2.11. The van der Waals surface area contributed by atoms with E-state index in [1.807, 2.05) is 6.08 Å². The first kappa shape index (κ1) is 10.8. The van der Waals surface area contributed by atoms with E-state index in [0.29, 0.717) is 6.61 Å². The number of aliphatic hydroxyl groups is 1. The Balaban J connectivity index is 2.45. The van der Waals surface area contributed by atoms with Crippen LogP contribution in [0.5, 0.6) is 0 Å². The van der Waals surface area contributed by atoms with Crippen LogP contribution in [0, 0.1) is 11.8 Å². The molecule has 76 valence electrons. The van der Waals surface area contributed by atoms with Crippen molar-refractivity contribution in [2.24, 2.45) is 0 Å². The number of hydrogen-bond donors (Lipinski definition) is 1. The summed E-state index contributed by atoms with van der Waals surface area (Å²) in [5.41, 5.74) is 0.918. The van der Waals surface area contributed by atoms with Crippen LogP contribution in [0.1, 0.15) is 26.2 Å². The molecule has 0 fully saturated rings. The Hall–Kier alpha value is -1.27. The summed E-state index contributed by atoms with van der Waals surface area (Å²) in [5, 5.41) is 9.52. The van der Waals surface area contributed by atoms with Gasteiger partial charge in [0.2, 0.25) is 0 Å². The van der Waals surface area contributed by atoms with Crippen molar-refractivity contribution >= 4 is 5.97 Å². The van der Waals surface area contributed by atoms with Gasteiger partial charge in [-0.05, 0) is 31.8 Å². The van der Waals surface area contributed by atoms with Crippen molar-refractivity contribution in [3.8, 4) is 11.8 Å². The fourth-order valence-electron chi connectivity index (χ4n) is 1.33. The van der Waals surface area contributed by atoms with Crippen LogP contribution in [0.3, 0.4) is 0 Å². The Morgan fingerprint density at radius 2 is 2.57 bits per heavy atom. The molecule has 0 amide bonds. The van der Waals surface area contributed by atoms with E-state index in [2.05, 4.69) is 16.6 Å². The van der Waals surface area contributed by atoms with Gasteiger partial charge in [-0.3, -0.25) is 0 Å². The number of allylic oxidation sites excluding steroid dienone is 1. The molecule has 14 heavy (non-hydrogen) atoms. The predicted molar refractivity (Wildman–Crippen MR) is 52.3 cm³/mol. The van der Waals surface area contributed by atoms with Crippen LogP contribution in [0.4, 0.5) is 0 Å². The largest absolute Gasteiger partial charge is 0.456 e. The van der Waals surface area contributed by atoms with E-state index in [0.717, 1.165) is 24.8 Å². The summed E-state index contributed by atoms with van der Waals surface area (Å²) in [7, 11) is 0. The lowest BCUT2D eigenvalue weighted by Crippen LogP contribution is -2.07. The zero-order chi connectivity index (χ0) is 10.4. The van der Waals surface area contributed by atoms with Crippen LogP contribution in [-0.4, -0.2) is 23.8 Å². The standard InChI is InChI=1S/C11H14O3/c1-2-14-11(13)8-7-10(12)9-5-3-4-6-9/h5,10,12H,2-4,6H2,1H3. The van der Waals surface area contributed by atoms with E-state index in [1.54, 1.807) is 6.92 Å². The third kappa shape index (κ3) is 3.23. The van der Waals surface area contributed by atoms with Crippen LogP contribution >= 0.6 is 0 Å². The lowest BCUT2D eigenvalue weighted by Gasteiger charge is -2.02. The molecule has 1 aliphatic carbocycles. The molecule has 0 bridgehead atoms. The minimum atomic E-state index is -0.804. The van der Waals surface area contributed by atoms with Gasteiger partial charge in [0.05, 0.1) is 6.61 Å².